The Labute approximate surface area is 123 Å². The van der Waals surface area contributed by atoms with E-state index in [1.165, 1.54) is 42.9 Å². The number of nitrogens with two attached hydrogens (primary N) is 1. The fraction of sp³-hybridized carbons (Fsp3) is 0.750. The standard InChI is InChI=1S/C12H19N3S2.ClH/c13-12-14-7-9(17-12)8-15-5-6-16-11-4-2-1-3-10(11)15;/h7,10-11H,1-6,8H2,(H2,13,14);1H. The van der Waals surface area contributed by atoms with Crippen molar-refractivity contribution in [2.24, 2.45) is 0 Å². The smallest absolute Gasteiger partial charge is 0.180 e. The molecule has 1 aromatic rings. The number of anilines is 1. The maximum absolute atomic E-state index is 5.70. The second kappa shape index (κ2) is 6.46. The summed E-state index contributed by atoms with van der Waals surface area (Å²) in [5.74, 6) is 1.29. The first kappa shape index (κ1) is 14.4. The molecule has 1 aromatic heterocycles. The predicted octanol–water partition coefficient (Wildman–Crippen LogP) is 3.01. The zero-order chi connectivity index (χ0) is 11.7. The van der Waals surface area contributed by atoms with Gasteiger partial charge in [0.15, 0.2) is 5.13 Å². The molecule has 1 aliphatic heterocycles. The second-order valence-corrected chi connectivity index (χ2v) is 7.39. The minimum atomic E-state index is 0. The number of hydrogen-bond acceptors (Lipinski definition) is 5. The molecule has 2 atom stereocenters. The monoisotopic (exact) mass is 305 g/mol. The Morgan fingerprint density at radius 2 is 2.22 bits per heavy atom. The number of nitrogens with zero attached hydrogens (tertiary/aromatic N) is 2. The van der Waals surface area contributed by atoms with Crippen LogP contribution in [0.15, 0.2) is 6.20 Å². The van der Waals surface area contributed by atoms with E-state index in [9.17, 15) is 0 Å². The lowest BCUT2D eigenvalue weighted by Crippen LogP contribution is -2.48. The molecule has 1 saturated carbocycles. The summed E-state index contributed by atoms with van der Waals surface area (Å²) in [6.45, 7) is 2.28. The SMILES string of the molecule is Cl.Nc1ncc(CN2CCSC3CCCCC32)s1. The molecular weight excluding hydrogens is 286 g/mol. The van der Waals surface area contributed by atoms with Gasteiger partial charge in [-0.05, 0) is 12.8 Å². The normalized spacial score (nSPS) is 28.4. The van der Waals surface area contributed by atoms with Crippen LogP contribution in [0, 0.1) is 0 Å². The summed E-state index contributed by atoms with van der Waals surface area (Å²) < 4.78 is 0. The minimum absolute atomic E-state index is 0. The average molecular weight is 306 g/mol. The quantitative estimate of drug-likeness (QED) is 0.912. The van der Waals surface area contributed by atoms with Crippen LogP contribution >= 0.6 is 35.5 Å². The highest BCUT2D eigenvalue weighted by molar-refractivity contribution is 8.00. The van der Waals surface area contributed by atoms with Crippen molar-refractivity contribution in [1.82, 2.24) is 9.88 Å². The van der Waals surface area contributed by atoms with Crippen molar-refractivity contribution in [3.05, 3.63) is 11.1 Å². The van der Waals surface area contributed by atoms with Gasteiger partial charge in [0.1, 0.15) is 0 Å². The van der Waals surface area contributed by atoms with Gasteiger partial charge in [0.2, 0.25) is 0 Å². The summed E-state index contributed by atoms with van der Waals surface area (Å²) in [5, 5.41) is 1.58. The maximum Gasteiger partial charge on any atom is 0.180 e. The fourth-order valence-electron chi connectivity index (χ4n) is 2.97. The highest BCUT2D eigenvalue weighted by Gasteiger charge is 2.33. The molecule has 2 unspecified atom stereocenters. The third-order valence-electron chi connectivity index (χ3n) is 3.78. The Balaban J connectivity index is 0.00000120. The third kappa shape index (κ3) is 3.13. The molecule has 0 amide bonds. The van der Waals surface area contributed by atoms with Crippen LogP contribution in [0.1, 0.15) is 30.6 Å². The van der Waals surface area contributed by atoms with E-state index in [0.29, 0.717) is 5.13 Å². The van der Waals surface area contributed by atoms with E-state index in [2.05, 4.69) is 21.6 Å². The Morgan fingerprint density at radius 3 is 3.00 bits per heavy atom. The Hall–Kier alpha value is 0.0300. The summed E-state index contributed by atoms with van der Waals surface area (Å²) in [7, 11) is 0. The van der Waals surface area contributed by atoms with E-state index in [1.54, 1.807) is 11.3 Å². The van der Waals surface area contributed by atoms with Crippen LogP contribution in [0.2, 0.25) is 0 Å². The van der Waals surface area contributed by atoms with Crippen molar-refractivity contribution in [3.63, 3.8) is 0 Å². The molecule has 2 N–H and O–H groups in total. The zero-order valence-corrected chi connectivity index (χ0v) is 12.8. The largest absolute Gasteiger partial charge is 0.375 e. The second-order valence-electron chi connectivity index (χ2n) is 4.90. The maximum atomic E-state index is 5.70. The molecule has 3 rings (SSSR count). The fourth-order valence-corrected chi connectivity index (χ4v) is 5.18. The van der Waals surface area contributed by atoms with E-state index in [4.69, 9.17) is 5.73 Å². The van der Waals surface area contributed by atoms with Crippen LogP contribution in [-0.4, -0.2) is 33.5 Å². The number of fused-ring (bicyclic) bond motifs is 1. The van der Waals surface area contributed by atoms with Crippen LogP contribution in [-0.2, 0) is 6.54 Å². The summed E-state index contributed by atoms with van der Waals surface area (Å²) >= 11 is 3.83. The van der Waals surface area contributed by atoms with E-state index in [0.717, 1.165) is 17.8 Å². The highest BCUT2D eigenvalue weighted by Crippen LogP contribution is 2.36. The number of rotatable bonds is 2. The van der Waals surface area contributed by atoms with Gasteiger partial charge < -0.3 is 5.73 Å². The van der Waals surface area contributed by atoms with E-state index < -0.39 is 0 Å². The Bertz CT molecular complexity index is 383. The number of aromatic nitrogens is 1. The molecule has 2 fully saturated rings. The molecule has 0 radical (unpaired) electrons. The van der Waals surface area contributed by atoms with Gasteiger partial charge in [-0.15, -0.1) is 23.7 Å². The van der Waals surface area contributed by atoms with Gasteiger partial charge >= 0.3 is 0 Å². The first-order valence-corrected chi connectivity index (χ1v) is 8.25. The molecule has 2 aliphatic rings. The highest BCUT2D eigenvalue weighted by atomic mass is 35.5. The Kier molecular flexibility index (Phi) is 5.18. The lowest BCUT2D eigenvalue weighted by atomic mass is 9.93. The number of halogens is 1. The van der Waals surface area contributed by atoms with Crippen molar-refractivity contribution in [1.29, 1.82) is 0 Å². The van der Waals surface area contributed by atoms with Crippen LogP contribution in [0.3, 0.4) is 0 Å². The van der Waals surface area contributed by atoms with E-state index in [-0.39, 0.29) is 12.4 Å². The molecule has 0 aromatic carbocycles. The van der Waals surface area contributed by atoms with Crippen molar-refractivity contribution < 1.29 is 0 Å². The van der Waals surface area contributed by atoms with E-state index in [1.807, 2.05) is 6.20 Å². The van der Waals surface area contributed by atoms with Crippen molar-refractivity contribution in [3.8, 4) is 0 Å². The third-order valence-corrected chi connectivity index (χ3v) is 5.99. The summed E-state index contributed by atoms with van der Waals surface area (Å²) in [6, 6.07) is 0.797. The van der Waals surface area contributed by atoms with Crippen LogP contribution in [0.25, 0.3) is 0 Å². The van der Waals surface area contributed by atoms with Gasteiger partial charge in [-0.1, -0.05) is 12.8 Å². The molecule has 0 spiro atoms. The van der Waals surface area contributed by atoms with Gasteiger partial charge in [0.05, 0.1) is 0 Å². The molecule has 102 valence electrons. The van der Waals surface area contributed by atoms with Crippen molar-refractivity contribution >= 4 is 40.6 Å². The molecule has 2 heterocycles. The molecule has 3 nitrogen and oxygen atoms in total. The van der Waals surface area contributed by atoms with Gasteiger partial charge in [0.25, 0.3) is 0 Å². The van der Waals surface area contributed by atoms with Gasteiger partial charge in [-0.25, -0.2) is 4.98 Å². The predicted molar refractivity (Wildman–Crippen MR) is 82.7 cm³/mol. The Morgan fingerprint density at radius 1 is 1.39 bits per heavy atom. The number of thiazole rings is 1. The summed E-state index contributed by atoms with van der Waals surface area (Å²) in [5.41, 5.74) is 5.70. The minimum Gasteiger partial charge on any atom is -0.375 e. The van der Waals surface area contributed by atoms with Crippen molar-refractivity contribution in [2.75, 3.05) is 18.0 Å². The molecule has 0 bridgehead atoms. The molecule has 6 heteroatoms. The lowest BCUT2D eigenvalue weighted by Gasteiger charge is -2.43. The zero-order valence-electron chi connectivity index (χ0n) is 10.4. The first-order valence-electron chi connectivity index (χ1n) is 6.39. The molecule has 1 aliphatic carbocycles. The van der Waals surface area contributed by atoms with Crippen LogP contribution < -0.4 is 5.73 Å². The van der Waals surface area contributed by atoms with Gasteiger partial charge in [0, 0.05) is 41.2 Å². The lowest BCUT2D eigenvalue weighted by molar-refractivity contribution is 0.156. The molecule has 1 saturated heterocycles. The van der Waals surface area contributed by atoms with Crippen LogP contribution in [0.4, 0.5) is 5.13 Å². The van der Waals surface area contributed by atoms with Gasteiger partial charge in [-0.3, -0.25) is 4.90 Å². The molecule has 18 heavy (non-hydrogen) atoms. The number of nitrogen functional groups attached to an aromatic ring is 1. The van der Waals surface area contributed by atoms with Crippen molar-refractivity contribution in [2.45, 2.75) is 43.5 Å². The van der Waals surface area contributed by atoms with Crippen LogP contribution in [0.5, 0.6) is 0 Å². The first-order chi connectivity index (χ1) is 8.33. The molecular formula is C12H20ClN3S2. The average Bonchev–Trinajstić information content (AvgIpc) is 2.75. The van der Waals surface area contributed by atoms with Gasteiger partial charge in [-0.2, -0.15) is 11.8 Å². The topological polar surface area (TPSA) is 42.1 Å². The number of thioether (sulfide) groups is 1. The summed E-state index contributed by atoms with van der Waals surface area (Å²) in [6.07, 6.45) is 7.57. The summed E-state index contributed by atoms with van der Waals surface area (Å²) in [4.78, 5) is 8.13. The van der Waals surface area contributed by atoms with E-state index >= 15 is 0 Å². The number of hydrogen-bond donors (Lipinski definition) is 1.